The van der Waals surface area contributed by atoms with E-state index in [-0.39, 0.29) is 13.0 Å². The van der Waals surface area contributed by atoms with Crippen LogP contribution in [0, 0.1) is 0 Å². The maximum absolute atomic E-state index is 12.2. The lowest BCUT2D eigenvalue weighted by Gasteiger charge is -2.36. The summed E-state index contributed by atoms with van der Waals surface area (Å²) in [5.74, 6) is -2.48. The monoisotopic (exact) mass is 322 g/mol. The summed E-state index contributed by atoms with van der Waals surface area (Å²) < 4.78 is 0. The molecule has 0 saturated carbocycles. The summed E-state index contributed by atoms with van der Waals surface area (Å²) in [4.78, 5) is 40.2. The van der Waals surface area contributed by atoms with Crippen LogP contribution in [0.15, 0.2) is 30.3 Å². The first-order valence-electron chi connectivity index (χ1n) is 7.10. The molecule has 124 valence electrons. The summed E-state index contributed by atoms with van der Waals surface area (Å²) in [6, 6.07) is 6.46. The Balaban J connectivity index is 2.03. The Labute approximate surface area is 132 Å². The summed E-state index contributed by atoms with van der Waals surface area (Å²) in [6.07, 6.45) is -1.19. The Morgan fingerprint density at radius 3 is 2.65 bits per heavy atom. The number of carboxylic acid groups (broad SMARTS) is 1. The van der Waals surface area contributed by atoms with Gasteiger partial charge in [-0.2, -0.15) is 0 Å². The number of carbonyl (C=O) groups excluding carboxylic acids is 2. The van der Waals surface area contributed by atoms with Gasteiger partial charge < -0.3 is 15.5 Å². The SMILES string of the molecule is C[C@H](C(=O)O)N1OC[C@H](O)[C@@H](NC(=O)Cc2ccccc2)C1=O. The predicted octanol–water partition coefficient (Wildman–Crippen LogP) is -0.678. The van der Waals surface area contributed by atoms with E-state index in [0.717, 1.165) is 5.56 Å². The summed E-state index contributed by atoms with van der Waals surface area (Å²) >= 11 is 0. The van der Waals surface area contributed by atoms with E-state index in [1.165, 1.54) is 6.92 Å². The van der Waals surface area contributed by atoms with Gasteiger partial charge in [0, 0.05) is 0 Å². The molecule has 1 aliphatic heterocycles. The lowest BCUT2D eigenvalue weighted by atomic mass is 10.1. The summed E-state index contributed by atoms with van der Waals surface area (Å²) in [5.41, 5.74) is 0.759. The molecule has 8 heteroatoms. The average molecular weight is 322 g/mol. The number of nitrogens with one attached hydrogen (secondary N) is 1. The van der Waals surface area contributed by atoms with E-state index in [4.69, 9.17) is 9.94 Å². The van der Waals surface area contributed by atoms with Crippen LogP contribution in [0.3, 0.4) is 0 Å². The fourth-order valence-corrected chi connectivity index (χ4v) is 2.18. The molecule has 0 aromatic heterocycles. The molecule has 1 aliphatic rings. The number of nitrogens with zero attached hydrogens (tertiary/aromatic N) is 1. The molecule has 2 amide bonds. The Hall–Kier alpha value is -2.45. The van der Waals surface area contributed by atoms with Gasteiger partial charge in [-0.1, -0.05) is 30.3 Å². The minimum Gasteiger partial charge on any atom is -0.480 e. The van der Waals surface area contributed by atoms with Gasteiger partial charge in [0.05, 0.1) is 6.42 Å². The van der Waals surface area contributed by atoms with Gasteiger partial charge in [-0.25, -0.2) is 9.86 Å². The van der Waals surface area contributed by atoms with Gasteiger partial charge in [0.1, 0.15) is 18.8 Å². The zero-order valence-electron chi connectivity index (χ0n) is 12.5. The summed E-state index contributed by atoms with van der Waals surface area (Å²) in [6.45, 7) is 1.00. The standard InChI is InChI=1S/C15H18N2O6/c1-9(15(21)22)17-14(20)13(11(18)8-23-17)16-12(19)7-10-5-3-2-4-6-10/h2-6,9,11,13,18H,7-8H2,1H3,(H,16,19)(H,21,22)/t9-,11+,13-/m1/s1. The number of carbonyl (C=O) groups is 3. The number of hydrogen-bond acceptors (Lipinski definition) is 5. The number of aliphatic hydroxyl groups is 1. The minimum atomic E-state index is -1.25. The number of hydrogen-bond donors (Lipinski definition) is 3. The molecule has 1 aromatic rings. The van der Waals surface area contributed by atoms with Gasteiger partial charge in [-0.05, 0) is 12.5 Å². The topological polar surface area (TPSA) is 116 Å². The molecule has 8 nitrogen and oxygen atoms in total. The number of aliphatic hydroxyl groups excluding tert-OH is 1. The third-order valence-electron chi connectivity index (χ3n) is 3.49. The van der Waals surface area contributed by atoms with Crippen molar-refractivity contribution < 1.29 is 29.4 Å². The van der Waals surface area contributed by atoms with Crippen molar-refractivity contribution in [1.82, 2.24) is 10.4 Å². The third-order valence-corrected chi connectivity index (χ3v) is 3.49. The minimum absolute atomic E-state index is 0.0483. The average Bonchev–Trinajstić information content (AvgIpc) is 2.52. The molecule has 1 heterocycles. The van der Waals surface area contributed by atoms with E-state index >= 15 is 0 Å². The number of amides is 2. The number of rotatable bonds is 5. The van der Waals surface area contributed by atoms with Crippen LogP contribution in [0.5, 0.6) is 0 Å². The van der Waals surface area contributed by atoms with E-state index in [2.05, 4.69) is 5.32 Å². The van der Waals surface area contributed by atoms with Crippen molar-refractivity contribution in [3.8, 4) is 0 Å². The van der Waals surface area contributed by atoms with Crippen LogP contribution >= 0.6 is 0 Å². The van der Waals surface area contributed by atoms with Crippen molar-refractivity contribution in [2.75, 3.05) is 6.61 Å². The highest BCUT2D eigenvalue weighted by molar-refractivity contribution is 5.91. The van der Waals surface area contributed by atoms with E-state index < -0.39 is 36.0 Å². The quantitative estimate of drug-likeness (QED) is 0.661. The molecule has 1 saturated heterocycles. The molecule has 0 spiro atoms. The van der Waals surface area contributed by atoms with Crippen molar-refractivity contribution in [3.05, 3.63) is 35.9 Å². The van der Waals surface area contributed by atoms with Crippen molar-refractivity contribution >= 4 is 17.8 Å². The Bertz CT molecular complexity index is 591. The van der Waals surface area contributed by atoms with Gasteiger partial charge in [0.15, 0.2) is 6.04 Å². The van der Waals surface area contributed by atoms with Gasteiger partial charge in [0.2, 0.25) is 5.91 Å². The molecule has 3 N–H and O–H groups in total. The van der Waals surface area contributed by atoms with Crippen LogP contribution < -0.4 is 5.32 Å². The van der Waals surface area contributed by atoms with Crippen LogP contribution in [0.25, 0.3) is 0 Å². The first-order chi connectivity index (χ1) is 10.9. The Morgan fingerprint density at radius 1 is 1.39 bits per heavy atom. The largest absolute Gasteiger partial charge is 0.480 e. The Kier molecular flexibility index (Phi) is 5.30. The number of hydroxylamine groups is 2. The lowest BCUT2D eigenvalue weighted by molar-refractivity contribution is -0.233. The van der Waals surface area contributed by atoms with Crippen molar-refractivity contribution in [2.24, 2.45) is 0 Å². The van der Waals surface area contributed by atoms with Crippen LogP contribution in [-0.4, -0.2) is 57.9 Å². The van der Waals surface area contributed by atoms with Crippen LogP contribution in [-0.2, 0) is 25.6 Å². The number of benzene rings is 1. The maximum atomic E-state index is 12.2. The summed E-state index contributed by atoms with van der Waals surface area (Å²) in [5, 5.41) is 21.9. The molecule has 1 aromatic carbocycles. The molecular weight excluding hydrogens is 304 g/mol. The van der Waals surface area contributed by atoms with E-state index in [9.17, 15) is 19.5 Å². The molecule has 2 rings (SSSR count). The van der Waals surface area contributed by atoms with Crippen LogP contribution in [0.2, 0.25) is 0 Å². The third kappa shape index (κ3) is 4.05. The van der Waals surface area contributed by atoms with Gasteiger partial charge in [-0.15, -0.1) is 0 Å². The fraction of sp³-hybridized carbons (Fsp3) is 0.400. The summed E-state index contributed by atoms with van der Waals surface area (Å²) in [7, 11) is 0. The van der Waals surface area contributed by atoms with E-state index in [1.807, 2.05) is 6.07 Å². The Morgan fingerprint density at radius 2 is 2.04 bits per heavy atom. The maximum Gasteiger partial charge on any atom is 0.328 e. The van der Waals surface area contributed by atoms with Crippen molar-refractivity contribution in [2.45, 2.75) is 31.5 Å². The highest BCUT2D eigenvalue weighted by Crippen LogP contribution is 2.14. The van der Waals surface area contributed by atoms with Gasteiger partial charge >= 0.3 is 5.97 Å². The molecular formula is C15H18N2O6. The smallest absolute Gasteiger partial charge is 0.328 e. The molecule has 1 fully saturated rings. The highest BCUT2D eigenvalue weighted by Gasteiger charge is 2.41. The normalized spacial score (nSPS) is 22.5. The second-order valence-electron chi connectivity index (χ2n) is 5.25. The van der Waals surface area contributed by atoms with Gasteiger partial charge in [-0.3, -0.25) is 14.4 Å². The fourth-order valence-electron chi connectivity index (χ4n) is 2.18. The van der Waals surface area contributed by atoms with E-state index in [1.54, 1.807) is 24.3 Å². The molecule has 23 heavy (non-hydrogen) atoms. The second-order valence-corrected chi connectivity index (χ2v) is 5.25. The molecule has 0 bridgehead atoms. The van der Waals surface area contributed by atoms with Crippen molar-refractivity contribution in [3.63, 3.8) is 0 Å². The molecule has 0 unspecified atom stereocenters. The van der Waals surface area contributed by atoms with Gasteiger partial charge in [0.25, 0.3) is 5.91 Å². The first-order valence-corrected chi connectivity index (χ1v) is 7.10. The number of aliphatic carboxylic acids is 1. The van der Waals surface area contributed by atoms with E-state index in [0.29, 0.717) is 5.06 Å². The highest BCUT2D eigenvalue weighted by atomic mass is 16.7. The molecule has 0 radical (unpaired) electrons. The van der Waals surface area contributed by atoms with Crippen molar-refractivity contribution in [1.29, 1.82) is 0 Å². The zero-order valence-corrected chi connectivity index (χ0v) is 12.5. The first kappa shape index (κ1) is 16.9. The second kappa shape index (κ2) is 7.21. The number of carboxylic acids is 1. The zero-order chi connectivity index (χ0) is 17.0. The molecule has 3 atom stereocenters. The predicted molar refractivity (Wildman–Crippen MR) is 78.0 cm³/mol. The van der Waals surface area contributed by atoms with Crippen LogP contribution in [0.4, 0.5) is 0 Å². The van der Waals surface area contributed by atoms with Crippen LogP contribution in [0.1, 0.15) is 12.5 Å². The molecule has 0 aliphatic carbocycles. The lowest BCUT2D eigenvalue weighted by Crippen LogP contribution is -2.62.